The van der Waals surface area contributed by atoms with Gasteiger partial charge in [-0.05, 0) is 27.2 Å². The minimum atomic E-state index is -2.13. The van der Waals surface area contributed by atoms with Crippen LogP contribution >= 0.6 is 0 Å². The molecule has 2 aromatic carbocycles. The number of carbonyl (C=O) groups excluding carboxylic acids is 4. The molecule has 6 heteroatoms. The Balaban J connectivity index is 1.61. The van der Waals surface area contributed by atoms with E-state index in [4.69, 9.17) is 4.74 Å². The van der Waals surface area contributed by atoms with E-state index >= 15 is 0 Å². The molecule has 7 rings (SSSR count). The molecule has 0 saturated heterocycles. The van der Waals surface area contributed by atoms with E-state index in [0.29, 0.717) is 12.0 Å². The topological polar surface area (TPSA) is 97.7 Å². The normalized spacial score (nSPS) is 37.2. The monoisotopic (exact) mass is 480 g/mol. The van der Waals surface area contributed by atoms with Crippen LogP contribution in [0, 0.1) is 23.2 Å². The lowest BCUT2D eigenvalue weighted by Gasteiger charge is -2.45. The van der Waals surface area contributed by atoms with Gasteiger partial charge in [-0.1, -0.05) is 60.2 Å². The summed E-state index contributed by atoms with van der Waals surface area (Å²) < 4.78 is 6.44. The zero-order chi connectivity index (χ0) is 25.4. The molecule has 1 N–H and O–H groups in total. The van der Waals surface area contributed by atoms with Crippen LogP contribution in [0.5, 0.6) is 0 Å². The summed E-state index contributed by atoms with van der Waals surface area (Å²) in [6.45, 7) is 5.61. The van der Waals surface area contributed by atoms with E-state index < -0.39 is 51.7 Å². The molecule has 1 heterocycles. The highest BCUT2D eigenvalue weighted by Crippen LogP contribution is 2.74. The average Bonchev–Trinajstić information content (AvgIpc) is 3.20. The number of benzene rings is 2. The summed E-state index contributed by atoms with van der Waals surface area (Å²) in [5.41, 5.74) is -2.91. The molecule has 2 fully saturated rings. The van der Waals surface area contributed by atoms with Crippen LogP contribution in [-0.4, -0.2) is 33.8 Å². The second kappa shape index (κ2) is 6.37. The number of ketones is 4. The van der Waals surface area contributed by atoms with Crippen molar-refractivity contribution in [2.45, 2.75) is 38.4 Å². The summed E-state index contributed by atoms with van der Waals surface area (Å²) in [5.74, 6) is -4.32. The number of Topliss-reactive ketones (excluding diaryl/α,β-unsaturated/α-hetero) is 4. The van der Waals surface area contributed by atoms with Crippen molar-refractivity contribution in [2.75, 3.05) is 0 Å². The molecule has 6 nitrogen and oxygen atoms in total. The molecule has 2 bridgehead atoms. The van der Waals surface area contributed by atoms with Gasteiger partial charge in [0, 0.05) is 40.0 Å². The van der Waals surface area contributed by atoms with Gasteiger partial charge in [0.05, 0.1) is 5.57 Å². The first kappa shape index (κ1) is 21.6. The number of allylic oxidation sites excluding steroid dienone is 3. The van der Waals surface area contributed by atoms with Gasteiger partial charge in [-0.15, -0.1) is 0 Å². The van der Waals surface area contributed by atoms with E-state index in [-0.39, 0.29) is 33.8 Å². The van der Waals surface area contributed by atoms with Gasteiger partial charge in [-0.2, -0.15) is 0 Å². The average molecular weight is 481 g/mol. The fourth-order valence-electron chi connectivity index (χ4n) is 8.06. The summed E-state index contributed by atoms with van der Waals surface area (Å²) in [4.78, 5) is 56.4. The lowest BCUT2D eigenvalue weighted by molar-refractivity contribution is -0.144. The SMILES string of the molecule is CC(C)=CC1CC2(C)OC3=C(C(=O)c4ccccc4C3=O)C3C2C12C(=O)c1ccccc1C3(O)C2=O. The van der Waals surface area contributed by atoms with Crippen molar-refractivity contribution in [3.05, 3.63) is 93.8 Å². The molecule has 4 aliphatic carbocycles. The maximum Gasteiger partial charge on any atom is 0.228 e. The van der Waals surface area contributed by atoms with Gasteiger partial charge in [0.2, 0.25) is 5.78 Å². The minimum Gasteiger partial charge on any atom is -0.483 e. The quantitative estimate of drug-likeness (QED) is 0.490. The molecule has 2 saturated carbocycles. The molecule has 0 aromatic heterocycles. The van der Waals surface area contributed by atoms with Crippen molar-refractivity contribution in [1.82, 2.24) is 0 Å². The Bertz CT molecular complexity index is 1540. The largest absolute Gasteiger partial charge is 0.483 e. The van der Waals surface area contributed by atoms with Crippen LogP contribution in [0.25, 0.3) is 0 Å². The van der Waals surface area contributed by atoms with E-state index in [1.807, 2.05) is 26.8 Å². The first-order valence-corrected chi connectivity index (χ1v) is 12.3. The van der Waals surface area contributed by atoms with Crippen LogP contribution in [0.3, 0.4) is 0 Å². The molecule has 6 atom stereocenters. The summed E-state index contributed by atoms with van der Waals surface area (Å²) in [6, 6.07) is 13.2. The van der Waals surface area contributed by atoms with Crippen LogP contribution < -0.4 is 0 Å². The van der Waals surface area contributed by atoms with Crippen molar-refractivity contribution in [2.24, 2.45) is 23.2 Å². The minimum absolute atomic E-state index is 0.0150. The van der Waals surface area contributed by atoms with E-state index in [1.54, 1.807) is 48.5 Å². The first-order valence-electron chi connectivity index (χ1n) is 12.3. The van der Waals surface area contributed by atoms with Crippen LogP contribution in [-0.2, 0) is 15.1 Å². The molecule has 1 spiro atoms. The van der Waals surface area contributed by atoms with Gasteiger partial charge < -0.3 is 9.84 Å². The third kappa shape index (κ3) is 2.07. The van der Waals surface area contributed by atoms with Gasteiger partial charge in [0.15, 0.2) is 28.7 Å². The van der Waals surface area contributed by atoms with Crippen molar-refractivity contribution in [3.8, 4) is 0 Å². The third-order valence-electron chi connectivity index (χ3n) is 9.11. The maximum absolute atomic E-state index is 14.5. The fraction of sp³-hybridized carbons (Fsp3) is 0.333. The zero-order valence-electron chi connectivity index (χ0n) is 20.1. The number of rotatable bonds is 1. The second-order valence-electron chi connectivity index (χ2n) is 11.2. The molecule has 2 aromatic rings. The molecule has 36 heavy (non-hydrogen) atoms. The van der Waals surface area contributed by atoms with Gasteiger partial charge in [0.25, 0.3) is 0 Å². The summed E-state index contributed by atoms with van der Waals surface area (Å²) >= 11 is 0. The summed E-state index contributed by atoms with van der Waals surface area (Å²) in [5, 5.41) is 12.5. The highest BCUT2D eigenvalue weighted by Gasteiger charge is 2.85. The number of carbonyl (C=O) groups is 4. The Kier molecular flexibility index (Phi) is 3.83. The Morgan fingerprint density at radius 3 is 2.22 bits per heavy atom. The second-order valence-corrected chi connectivity index (χ2v) is 11.2. The lowest BCUT2D eigenvalue weighted by Crippen LogP contribution is -2.52. The fourth-order valence-corrected chi connectivity index (χ4v) is 8.06. The molecule has 180 valence electrons. The van der Waals surface area contributed by atoms with Gasteiger partial charge in [-0.3, -0.25) is 19.2 Å². The van der Waals surface area contributed by atoms with Crippen molar-refractivity contribution in [3.63, 3.8) is 0 Å². The highest BCUT2D eigenvalue weighted by molar-refractivity contribution is 6.29. The summed E-state index contributed by atoms with van der Waals surface area (Å²) in [7, 11) is 0. The lowest BCUT2D eigenvalue weighted by atomic mass is 9.62. The molecule has 6 unspecified atom stereocenters. The molecular weight excluding hydrogens is 456 g/mol. The van der Waals surface area contributed by atoms with Crippen LogP contribution in [0.4, 0.5) is 0 Å². The number of ether oxygens (including phenoxy) is 1. The van der Waals surface area contributed by atoms with E-state index in [9.17, 15) is 24.3 Å². The predicted octanol–water partition coefficient (Wildman–Crippen LogP) is 3.98. The molecule has 5 aliphatic rings. The number of fused-ring (bicyclic) bond motifs is 6. The Morgan fingerprint density at radius 2 is 1.56 bits per heavy atom. The molecular formula is C30H24O6. The Morgan fingerprint density at radius 1 is 0.944 bits per heavy atom. The standard InChI is InChI=1S/C30H24O6/c1-14(2)12-15-13-28(3)25-21(20-22(31)16-8-4-5-9-17(16)23(32)24(20)36-28)30(35)19-11-7-6-10-18(19)26(33)29(15,25)27(30)34/h4-12,15,21,25,35H,13H2,1-3H3. The first-order chi connectivity index (χ1) is 17.1. The van der Waals surface area contributed by atoms with Gasteiger partial charge in [-0.25, -0.2) is 0 Å². The van der Waals surface area contributed by atoms with E-state index in [2.05, 4.69) is 0 Å². The number of hydrogen-bond donors (Lipinski definition) is 1. The predicted molar refractivity (Wildman–Crippen MR) is 128 cm³/mol. The Hall–Kier alpha value is -3.64. The molecule has 1 aliphatic heterocycles. The number of hydrogen-bond acceptors (Lipinski definition) is 6. The van der Waals surface area contributed by atoms with Crippen LogP contribution in [0.2, 0.25) is 0 Å². The van der Waals surface area contributed by atoms with Crippen molar-refractivity contribution < 1.29 is 29.0 Å². The molecule has 0 amide bonds. The Labute approximate surface area is 207 Å². The van der Waals surface area contributed by atoms with Crippen molar-refractivity contribution in [1.29, 1.82) is 0 Å². The van der Waals surface area contributed by atoms with Crippen LogP contribution in [0.1, 0.15) is 63.8 Å². The number of aliphatic hydroxyl groups is 1. The smallest absolute Gasteiger partial charge is 0.228 e. The molecule has 0 radical (unpaired) electrons. The zero-order valence-corrected chi connectivity index (χ0v) is 20.1. The maximum atomic E-state index is 14.5. The van der Waals surface area contributed by atoms with Gasteiger partial charge in [0.1, 0.15) is 11.0 Å². The van der Waals surface area contributed by atoms with Crippen molar-refractivity contribution >= 4 is 23.1 Å². The summed E-state index contributed by atoms with van der Waals surface area (Å²) in [6.07, 6.45) is 2.23. The van der Waals surface area contributed by atoms with E-state index in [1.165, 1.54) is 0 Å². The highest BCUT2D eigenvalue weighted by atomic mass is 16.5. The third-order valence-corrected chi connectivity index (χ3v) is 9.11. The van der Waals surface area contributed by atoms with E-state index in [0.717, 1.165) is 5.57 Å². The van der Waals surface area contributed by atoms with Crippen LogP contribution in [0.15, 0.2) is 71.5 Å². The van der Waals surface area contributed by atoms with Gasteiger partial charge >= 0.3 is 0 Å².